The van der Waals surface area contributed by atoms with Crippen molar-refractivity contribution in [3.8, 4) is 0 Å². The van der Waals surface area contributed by atoms with Gasteiger partial charge in [0, 0.05) is 19.6 Å². The summed E-state index contributed by atoms with van der Waals surface area (Å²) in [5.41, 5.74) is 0. The second kappa shape index (κ2) is 5.64. The van der Waals surface area contributed by atoms with Gasteiger partial charge in [-0.2, -0.15) is 0 Å². The van der Waals surface area contributed by atoms with Crippen LogP contribution in [0.15, 0.2) is 0 Å². The molecule has 1 N–H and O–H groups in total. The van der Waals surface area contributed by atoms with Gasteiger partial charge in [0.25, 0.3) is 0 Å². The molecule has 0 aromatic heterocycles. The number of likely N-dealkylation sites (tertiary alicyclic amines) is 1. The van der Waals surface area contributed by atoms with E-state index in [1.54, 1.807) is 0 Å². The second-order valence-electron chi connectivity index (χ2n) is 4.86. The molecule has 2 fully saturated rings. The van der Waals surface area contributed by atoms with Crippen LogP contribution in [0.1, 0.15) is 19.8 Å². The smallest absolute Gasteiger partial charge is 0.311 e. The summed E-state index contributed by atoms with van der Waals surface area (Å²) in [5.74, 6) is 0.954. The maximum absolute atomic E-state index is 11.4. The van der Waals surface area contributed by atoms with Gasteiger partial charge in [-0.15, -0.1) is 0 Å². The molecule has 2 aliphatic rings. The molecule has 0 unspecified atom stereocenters. The van der Waals surface area contributed by atoms with Gasteiger partial charge >= 0.3 is 5.97 Å². The number of carbonyl (C=O) groups is 1. The monoisotopic (exact) mass is 226 g/mol. The fraction of sp³-hybridized carbons (Fsp3) is 0.917. The van der Waals surface area contributed by atoms with Crippen LogP contribution in [0.4, 0.5) is 0 Å². The first-order valence-corrected chi connectivity index (χ1v) is 6.39. The summed E-state index contributed by atoms with van der Waals surface area (Å²) in [7, 11) is 0. The van der Waals surface area contributed by atoms with Crippen LogP contribution >= 0.6 is 0 Å². The fourth-order valence-electron chi connectivity index (χ4n) is 2.56. The highest BCUT2D eigenvalue weighted by Gasteiger charge is 2.34. The fourth-order valence-corrected chi connectivity index (χ4v) is 2.56. The van der Waals surface area contributed by atoms with Crippen LogP contribution in [-0.4, -0.2) is 50.2 Å². The third kappa shape index (κ3) is 2.95. The van der Waals surface area contributed by atoms with Crippen molar-refractivity contribution < 1.29 is 9.53 Å². The van der Waals surface area contributed by atoms with Crippen LogP contribution in [0.5, 0.6) is 0 Å². The zero-order valence-electron chi connectivity index (χ0n) is 10.1. The Bertz CT molecular complexity index is 233. The zero-order valence-corrected chi connectivity index (χ0v) is 10.1. The van der Waals surface area contributed by atoms with Gasteiger partial charge in [-0.3, -0.25) is 4.79 Å². The van der Waals surface area contributed by atoms with Crippen LogP contribution < -0.4 is 5.32 Å². The molecule has 2 saturated heterocycles. The zero-order chi connectivity index (χ0) is 11.4. The van der Waals surface area contributed by atoms with Gasteiger partial charge in [-0.1, -0.05) is 0 Å². The maximum atomic E-state index is 11.4. The van der Waals surface area contributed by atoms with Crippen molar-refractivity contribution in [2.75, 3.05) is 39.3 Å². The van der Waals surface area contributed by atoms with Crippen molar-refractivity contribution in [2.45, 2.75) is 19.8 Å². The first kappa shape index (κ1) is 11.9. The van der Waals surface area contributed by atoms with Crippen molar-refractivity contribution in [1.29, 1.82) is 0 Å². The first-order chi connectivity index (χ1) is 7.79. The molecule has 0 aromatic carbocycles. The van der Waals surface area contributed by atoms with Gasteiger partial charge in [-0.05, 0) is 38.8 Å². The van der Waals surface area contributed by atoms with Gasteiger partial charge in [0.05, 0.1) is 12.5 Å². The molecular formula is C12H22N2O2. The van der Waals surface area contributed by atoms with Crippen molar-refractivity contribution in [3.63, 3.8) is 0 Å². The van der Waals surface area contributed by atoms with Crippen molar-refractivity contribution >= 4 is 5.97 Å². The lowest BCUT2D eigenvalue weighted by Crippen LogP contribution is -2.53. The van der Waals surface area contributed by atoms with Crippen molar-refractivity contribution in [2.24, 2.45) is 11.8 Å². The number of carbonyl (C=O) groups excluding carboxylic acids is 1. The van der Waals surface area contributed by atoms with Crippen LogP contribution in [0.3, 0.4) is 0 Å². The summed E-state index contributed by atoms with van der Waals surface area (Å²) in [6.45, 7) is 7.65. The molecule has 0 saturated carbocycles. The van der Waals surface area contributed by atoms with E-state index in [-0.39, 0.29) is 11.9 Å². The van der Waals surface area contributed by atoms with Gasteiger partial charge in [0.15, 0.2) is 0 Å². The molecule has 0 amide bonds. The lowest BCUT2D eigenvalue weighted by Gasteiger charge is -2.40. The third-order valence-electron chi connectivity index (χ3n) is 3.55. The Labute approximate surface area is 97.3 Å². The van der Waals surface area contributed by atoms with Crippen LogP contribution in [0, 0.1) is 11.8 Å². The molecule has 0 spiro atoms. The van der Waals surface area contributed by atoms with Crippen LogP contribution in [-0.2, 0) is 9.53 Å². The van der Waals surface area contributed by atoms with E-state index in [2.05, 4.69) is 10.2 Å². The van der Waals surface area contributed by atoms with Gasteiger partial charge < -0.3 is 15.0 Å². The highest BCUT2D eigenvalue weighted by molar-refractivity contribution is 5.73. The van der Waals surface area contributed by atoms with E-state index in [0.29, 0.717) is 6.61 Å². The second-order valence-corrected chi connectivity index (χ2v) is 4.86. The summed E-state index contributed by atoms with van der Waals surface area (Å²) >= 11 is 0. The van der Waals surface area contributed by atoms with Crippen LogP contribution in [0.2, 0.25) is 0 Å². The highest BCUT2D eigenvalue weighted by Crippen LogP contribution is 2.21. The Hall–Kier alpha value is -0.610. The molecule has 4 heteroatoms. The minimum absolute atomic E-state index is 0.0101. The largest absolute Gasteiger partial charge is 0.466 e. The Morgan fingerprint density at radius 2 is 2.06 bits per heavy atom. The molecule has 0 aliphatic carbocycles. The minimum atomic E-state index is -0.0101. The van der Waals surface area contributed by atoms with Gasteiger partial charge in [0.2, 0.25) is 0 Å². The van der Waals surface area contributed by atoms with Crippen LogP contribution in [0.25, 0.3) is 0 Å². The quantitative estimate of drug-likeness (QED) is 0.708. The lowest BCUT2D eigenvalue weighted by molar-refractivity contribution is -0.154. The summed E-state index contributed by atoms with van der Waals surface area (Å²) < 4.78 is 5.01. The molecule has 16 heavy (non-hydrogen) atoms. The third-order valence-corrected chi connectivity index (χ3v) is 3.55. The lowest BCUT2D eigenvalue weighted by atomic mass is 9.93. The van der Waals surface area contributed by atoms with Crippen molar-refractivity contribution in [1.82, 2.24) is 10.2 Å². The van der Waals surface area contributed by atoms with E-state index in [9.17, 15) is 4.79 Å². The first-order valence-electron chi connectivity index (χ1n) is 6.39. The molecule has 0 bridgehead atoms. The predicted molar refractivity (Wildman–Crippen MR) is 62.2 cm³/mol. The number of nitrogens with zero attached hydrogens (tertiary/aromatic N) is 1. The number of esters is 1. The SMILES string of the molecule is CCOC(=O)C1CN(CC2CCNCC2)C1. The maximum Gasteiger partial charge on any atom is 0.311 e. The molecule has 92 valence electrons. The Morgan fingerprint density at radius 1 is 1.38 bits per heavy atom. The number of piperidine rings is 1. The van der Waals surface area contributed by atoms with E-state index in [4.69, 9.17) is 4.74 Å². The van der Waals surface area contributed by atoms with E-state index in [1.807, 2.05) is 6.92 Å². The summed E-state index contributed by atoms with van der Waals surface area (Å²) in [4.78, 5) is 13.8. The molecule has 4 nitrogen and oxygen atoms in total. The standard InChI is InChI=1S/C12H22N2O2/c1-2-16-12(15)11-8-14(9-11)7-10-3-5-13-6-4-10/h10-11,13H,2-9H2,1H3. The number of hydrogen-bond donors (Lipinski definition) is 1. The summed E-state index contributed by atoms with van der Waals surface area (Å²) in [6, 6.07) is 0. The average molecular weight is 226 g/mol. The molecule has 2 heterocycles. The normalized spacial score (nSPS) is 24.1. The molecule has 2 aliphatic heterocycles. The number of nitrogens with one attached hydrogen (secondary N) is 1. The number of hydrogen-bond acceptors (Lipinski definition) is 4. The Morgan fingerprint density at radius 3 is 2.69 bits per heavy atom. The van der Waals surface area contributed by atoms with E-state index in [1.165, 1.54) is 12.8 Å². The Kier molecular flexibility index (Phi) is 4.18. The van der Waals surface area contributed by atoms with E-state index < -0.39 is 0 Å². The van der Waals surface area contributed by atoms with Crippen molar-refractivity contribution in [3.05, 3.63) is 0 Å². The topological polar surface area (TPSA) is 41.6 Å². The molecule has 0 aromatic rings. The number of ether oxygens (including phenoxy) is 1. The van der Waals surface area contributed by atoms with Gasteiger partial charge in [0.1, 0.15) is 0 Å². The summed E-state index contributed by atoms with van der Waals surface area (Å²) in [6.07, 6.45) is 2.56. The van der Waals surface area contributed by atoms with E-state index in [0.717, 1.165) is 38.6 Å². The molecule has 2 rings (SSSR count). The minimum Gasteiger partial charge on any atom is -0.466 e. The average Bonchev–Trinajstić information content (AvgIpc) is 2.24. The molecule has 0 radical (unpaired) electrons. The van der Waals surface area contributed by atoms with E-state index >= 15 is 0 Å². The molecular weight excluding hydrogens is 204 g/mol. The van der Waals surface area contributed by atoms with Gasteiger partial charge in [-0.25, -0.2) is 0 Å². The number of rotatable bonds is 4. The highest BCUT2D eigenvalue weighted by atomic mass is 16.5. The Balaban J connectivity index is 1.62. The molecule has 0 atom stereocenters. The summed E-state index contributed by atoms with van der Waals surface area (Å²) in [5, 5.41) is 3.38. The predicted octanol–water partition coefficient (Wildman–Crippen LogP) is 0.481.